The molecule has 1 N–H and O–H groups in total. The van der Waals surface area contributed by atoms with Gasteiger partial charge in [0, 0.05) is 6.54 Å². The van der Waals surface area contributed by atoms with Crippen molar-refractivity contribution in [1.82, 2.24) is 4.90 Å². The maximum Gasteiger partial charge on any atom is 0.294 e. The van der Waals surface area contributed by atoms with E-state index in [0.717, 1.165) is 11.1 Å². The van der Waals surface area contributed by atoms with Crippen LogP contribution in [0.1, 0.15) is 44.7 Å². The average molecular weight is 373 g/mol. The SMILES string of the molecule is Cc1ccc(S(=O)(=O)O)cc1CCCCN1C(=O)c2ccccc2C1=O. The predicted octanol–water partition coefficient (Wildman–Crippen LogP) is 2.86. The van der Waals surface area contributed by atoms with Gasteiger partial charge < -0.3 is 0 Å². The van der Waals surface area contributed by atoms with E-state index >= 15 is 0 Å². The van der Waals surface area contributed by atoms with Crippen LogP contribution in [-0.2, 0) is 16.5 Å². The minimum absolute atomic E-state index is 0.126. The normalized spacial score (nSPS) is 14.0. The van der Waals surface area contributed by atoms with E-state index in [2.05, 4.69) is 0 Å². The van der Waals surface area contributed by atoms with Crippen molar-refractivity contribution in [2.24, 2.45) is 0 Å². The van der Waals surface area contributed by atoms with Crippen LogP contribution in [0.5, 0.6) is 0 Å². The summed E-state index contributed by atoms with van der Waals surface area (Å²) in [7, 11) is -4.23. The summed E-state index contributed by atoms with van der Waals surface area (Å²) in [4.78, 5) is 25.7. The van der Waals surface area contributed by atoms with Crippen LogP contribution in [0.4, 0.5) is 0 Å². The number of unbranched alkanes of at least 4 members (excludes halogenated alkanes) is 1. The Hall–Kier alpha value is -2.51. The molecule has 0 bridgehead atoms. The van der Waals surface area contributed by atoms with E-state index in [4.69, 9.17) is 4.55 Å². The standard InChI is InChI=1S/C19H19NO5S/c1-13-9-10-15(26(23,24)25)12-14(13)6-4-5-11-20-18(21)16-7-2-3-8-17(16)19(20)22/h2-3,7-10,12H,4-6,11H2,1H3,(H,23,24,25). The quantitative estimate of drug-likeness (QED) is 0.478. The largest absolute Gasteiger partial charge is 0.294 e. The van der Waals surface area contributed by atoms with Gasteiger partial charge in [-0.25, -0.2) is 0 Å². The number of amides is 2. The van der Waals surface area contributed by atoms with Crippen molar-refractivity contribution >= 4 is 21.9 Å². The van der Waals surface area contributed by atoms with Gasteiger partial charge in [0.25, 0.3) is 21.9 Å². The number of fused-ring (bicyclic) bond motifs is 1. The first-order valence-electron chi connectivity index (χ1n) is 8.31. The fraction of sp³-hybridized carbons (Fsp3) is 0.263. The van der Waals surface area contributed by atoms with Crippen LogP contribution >= 0.6 is 0 Å². The zero-order valence-corrected chi connectivity index (χ0v) is 15.1. The maximum atomic E-state index is 12.3. The van der Waals surface area contributed by atoms with Gasteiger partial charge in [0.1, 0.15) is 0 Å². The van der Waals surface area contributed by atoms with Gasteiger partial charge in [0.05, 0.1) is 16.0 Å². The van der Waals surface area contributed by atoms with Gasteiger partial charge in [-0.1, -0.05) is 18.2 Å². The number of hydrogen-bond donors (Lipinski definition) is 1. The van der Waals surface area contributed by atoms with E-state index in [-0.39, 0.29) is 16.7 Å². The van der Waals surface area contributed by atoms with E-state index in [1.165, 1.54) is 17.0 Å². The summed E-state index contributed by atoms with van der Waals surface area (Å²) in [6, 6.07) is 11.3. The van der Waals surface area contributed by atoms with Crippen LogP contribution in [0, 0.1) is 6.92 Å². The lowest BCUT2D eigenvalue weighted by atomic mass is 10.0. The lowest BCUT2D eigenvalue weighted by Gasteiger charge is -2.14. The Morgan fingerprint density at radius 3 is 2.15 bits per heavy atom. The molecule has 3 rings (SSSR count). The Morgan fingerprint density at radius 2 is 1.58 bits per heavy atom. The first-order valence-corrected chi connectivity index (χ1v) is 9.75. The van der Waals surface area contributed by atoms with Crippen molar-refractivity contribution in [2.45, 2.75) is 31.1 Å². The number of aryl methyl sites for hydroxylation is 2. The molecule has 136 valence electrons. The summed E-state index contributed by atoms with van der Waals surface area (Å²) >= 11 is 0. The minimum atomic E-state index is -4.23. The summed E-state index contributed by atoms with van der Waals surface area (Å²) < 4.78 is 31.7. The molecule has 1 heterocycles. The fourth-order valence-electron chi connectivity index (χ4n) is 3.11. The van der Waals surface area contributed by atoms with E-state index in [1.807, 2.05) is 6.92 Å². The van der Waals surface area contributed by atoms with Crippen LogP contribution in [-0.4, -0.2) is 36.2 Å². The highest BCUT2D eigenvalue weighted by Crippen LogP contribution is 2.23. The zero-order chi connectivity index (χ0) is 18.9. The fourth-order valence-corrected chi connectivity index (χ4v) is 3.64. The highest BCUT2D eigenvalue weighted by atomic mass is 32.2. The van der Waals surface area contributed by atoms with Crippen LogP contribution in [0.15, 0.2) is 47.4 Å². The topological polar surface area (TPSA) is 91.8 Å². The number of carbonyl (C=O) groups is 2. The van der Waals surface area contributed by atoms with Crippen molar-refractivity contribution in [3.05, 3.63) is 64.7 Å². The van der Waals surface area contributed by atoms with Crippen molar-refractivity contribution in [1.29, 1.82) is 0 Å². The summed E-state index contributed by atoms with van der Waals surface area (Å²) in [6.45, 7) is 2.19. The third-order valence-electron chi connectivity index (χ3n) is 4.57. The van der Waals surface area contributed by atoms with Crippen LogP contribution < -0.4 is 0 Å². The molecule has 0 aromatic heterocycles. The van der Waals surface area contributed by atoms with E-state index in [0.29, 0.717) is 36.9 Å². The van der Waals surface area contributed by atoms with E-state index in [1.54, 1.807) is 30.3 Å². The summed E-state index contributed by atoms with van der Waals surface area (Å²) in [6.07, 6.45) is 1.89. The van der Waals surface area contributed by atoms with Crippen LogP contribution in [0.2, 0.25) is 0 Å². The Labute approximate surface area is 152 Å². The molecule has 0 saturated carbocycles. The molecule has 0 saturated heterocycles. The number of hydrogen-bond acceptors (Lipinski definition) is 4. The molecule has 7 heteroatoms. The molecule has 0 aliphatic carbocycles. The third kappa shape index (κ3) is 3.54. The third-order valence-corrected chi connectivity index (χ3v) is 5.42. The Balaban J connectivity index is 1.61. The summed E-state index contributed by atoms with van der Waals surface area (Å²) in [5.74, 6) is -0.537. The predicted molar refractivity (Wildman–Crippen MR) is 95.7 cm³/mol. The molecule has 1 aliphatic heterocycles. The molecule has 0 spiro atoms. The van der Waals surface area contributed by atoms with Gasteiger partial charge in [-0.15, -0.1) is 0 Å². The van der Waals surface area contributed by atoms with Crippen molar-refractivity contribution < 1.29 is 22.6 Å². The van der Waals surface area contributed by atoms with Crippen molar-refractivity contribution in [2.75, 3.05) is 6.54 Å². The van der Waals surface area contributed by atoms with E-state index < -0.39 is 10.1 Å². The highest BCUT2D eigenvalue weighted by Gasteiger charge is 2.34. The van der Waals surface area contributed by atoms with Gasteiger partial charge in [-0.05, 0) is 61.6 Å². The van der Waals surface area contributed by atoms with Crippen molar-refractivity contribution in [3.63, 3.8) is 0 Å². The molecule has 2 aromatic rings. The second kappa shape index (κ2) is 7.01. The molecule has 26 heavy (non-hydrogen) atoms. The maximum absolute atomic E-state index is 12.3. The first kappa shape index (κ1) is 18.3. The molecule has 6 nitrogen and oxygen atoms in total. The number of imide groups is 1. The smallest absolute Gasteiger partial charge is 0.282 e. The zero-order valence-electron chi connectivity index (χ0n) is 14.3. The van der Waals surface area contributed by atoms with Crippen LogP contribution in [0.3, 0.4) is 0 Å². The number of nitrogens with zero attached hydrogens (tertiary/aromatic N) is 1. The molecular weight excluding hydrogens is 354 g/mol. The molecule has 0 unspecified atom stereocenters. The Bertz CT molecular complexity index is 946. The molecule has 2 aromatic carbocycles. The molecule has 0 radical (unpaired) electrons. The lowest BCUT2D eigenvalue weighted by molar-refractivity contribution is 0.0651. The number of benzene rings is 2. The van der Waals surface area contributed by atoms with Gasteiger partial charge in [-0.2, -0.15) is 8.42 Å². The molecule has 2 amide bonds. The number of carbonyl (C=O) groups excluding carboxylic acids is 2. The minimum Gasteiger partial charge on any atom is -0.282 e. The average Bonchev–Trinajstić information content (AvgIpc) is 2.84. The second-order valence-corrected chi connectivity index (χ2v) is 7.75. The number of rotatable bonds is 6. The molecule has 0 atom stereocenters. The Kier molecular flexibility index (Phi) is 4.93. The molecule has 1 aliphatic rings. The first-order chi connectivity index (χ1) is 12.3. The summed E-state index contributed by atoms with van der Waals surface area (Å²) in [5, 5.41) is 0. The summed E-state index contributed by atoms with van der Waals surface area (Å²) in [5.41, 5.74) is 2.63. The van der Waals surface area contributed by atoms with Gasteiger partial charge in [-0.3, -0.25) is 19.0 Å². The van der Waals surface area contributed by atoms with Gasteiger partial charge in [0.2, 0.25) is 0 Å². The van der Waals surface area contributed by atoms with Gasteiger partial charge in [0.15, 0.2) is 0 Å². The van der Waals surface area contributed by atoms with Crippen LogP contribution in [0.25, 0.3) is 0 Å². The molecule has 0 fully saturated rings. The van der Waals surface area contributed by atoms with Crippen molar-refractivity contribution in [3.8, 4) is 0 Å². The lowest BCUT2D eigenvalue weighted by Crippen LogP contribution is -2.30. The monoisotopic (exact) mass is 373 g/mol. The molecular formula is C19H19NO5S. The van der Waals surface area contributed by atoms with Gasteiger partial charge >= 0.3 is 0 Å². The Morgan fingerprint density at radius 1 is 0.962 bits per heavy atom. The highest BCUT2D eigenvalue weighted by molar-refractivity contribution is 7.85. The second-order valence-electron chi connectivity index (χ2n) is 6.33. The van der Waals surface area contributed by atoms with E-state index in [9.17, 15) is 18.0 Å².